The van der Waals surface area contributed by atoms with Gasteiger partial charge in [-0.05, 0) is 29.0 Å². The number of pyridine rings is 1. The Balaban J connectivity index is 2.51. The predicted molar refractivity (Wildman–Crippen MR) is 62.5 cm³/mol. The molecule has 1 N–H and O–H groups in total. The number of carboxylic acids is 1. The molecular formula is C13H13NO2. The van der Waals surface area contributed by atoms with Gasteiger partial charge in [0.15, 0.2) is 0 Å². The molecule has 82 valence electrons. The summed E-state index contributed by atoms with van der Waals surface area (Å²) < 4.78 is 0. The fraction of sp³-hybridized carbons (Fsp3) is 0.231. The number of carbonyl (C=O) groups is 1. The first-order chi connectivity index (χ1) is 7.70. The van der Waals surface area contributed by atoms with E-state index in [4.69, 9.17) is 5.11 Å². The molecule has 0 radical (unpaired) electrons. The van der Waals surface area contributed by atoms with E-state index >= 15 is 0 Å². The van der Waals surface area contributed by atoms with Crippen molar-refractivity contribution >= 4 is 16.7 Å². The van der Waals surface area contributed by atoms with E-state index in [9.17, 15) is 4.79 Å². The van der Waals surface area contributed by atoms with Crippen LogP contribution in [0.1, 0.15) is 18.1 Å². The summed E-state index contributed by atoms with van der Waals surface area (Å²) >= 11 is 0. The van der Waals surface area contributed by atoms with Gasteiger partial charge >= 0.3 is 5.97 Å². The van der Waals surface area contributed by atoms with Crippen LogP contribution in [0.5, 0.6) is 0 Å². The lowest BCUT2D eigenvalue weighted by Gasteiger charge is -2.05. The summed E-state index contributed by atoms with van der Waals surface area (Å²) in [5.41, 5.74) is 2.01. The molecule has 2 aromatic rings. The van der Waals surface area contributed by atoms with Crippen molar-refractivity contribution < 1.29 is 9.90 Å². The maximum atomic E-state index is 10.6. The zero-order chi connectivity index (χ0) is 11.5. The number of rotatable bonds is 3. The topological polar surface area (TPSA) is 50.2 Å². The van der Waals surface area contributed by atoms with Gasteiger partial charge in [0.2, 0.25) is 0 Å². The fourth-order valence-electron chi connectivity index (χ4n) is 1.85. The average Bonchev–Trinajstić information content (AvgIpc) is 2.27. The fourth-order valence-corrected chi connectivity index (χ4v) is 1.85. The van der Waals surface area contributed by atoms with Gasteiger partial charge in [0.25, 0.3) is 0 Å². The van der Waals surface area contributed by atoms with Crippen LogP contribution >= 0.6 is 0 Å². The standard InChI is InChI=1S/C13H13NO2/c1-2-10-7-14-8-11-5-9(6-13(15)16)3-4-12(10)11/h3-5,7-8H,2,6H2,1H3,(H,15,16). The van der Waals surface area contributed by atoms with Crippen molar-refractivity contribution in [3.63, 3.8) is 0 Å². The molecule has 0 aliphatic heterocycles. The molecule has 0 aliphatic rings. The molecule has 0 bridgehead atoms. The smallest absolute Gasteiger partial charge is 0.307 e. The van der Waals surface area contributed by atoms with Crippen LogP contribution in [-0.4, -0.2) is 16.1 Å². The molecule has 0 unspecified atom stereocenters. The van der Waals surface area contributed by atoms with Crippen molar-refractivity contribution in [3.05, 3.63) is 41.7 Å². The third kappa shape index (κ3) is 2.03. The predicted octanol–water partition coefficient (Wildman–Crippen LogP) is 2.42. The van der Waals surface area contributed by atoms with Gasteiger partial charge < -0.3 is 5.11 Å². The van der Waals surface area contributed by atoms with Gasteiger partial charge in [0.1, 0.15) is 0 Å². The second-order valence-electron chi connectivity index (χ2n) is 3.78. The molecule has 0 amide bonds. The SMILES string of the molecule is CCc1cncc2cc(CC(=O)O)ccc12. The lowest BCUT2D eigenvalue weighted by atomic mass is 10.0. The number of aromatic nitrogens is 1. The Labute approximate surface area is 93.7 Å². The van der Waals surface area contributed by atoms with Crippen molar-refractivity contribution in [2.75, 3.05) is 0 Å². The number of fused-ring (bicyclic) bond motifs is 1. The first-order valence-electron chi connectivity index (χ1n) is 5.28. The number of carboxylic acid groups (broad SMARTS) is 1. The molecule has 0 saturated carbocycles. The Morgan fingerprint density at radius 2 is 2.19 bits per heavy atom. The van der Waals surface area contributed by atoms with E-state index in [1.54, 1.807) is 6.20 Å². The third-order valence-corrected chi connectivity index (χ3v) is 2.64. The average molecular weight is 215 g/mol. The zero-order valence-electron chi connectivity index (χ0n) is 9.10. The Hall–Kier alpha value is -1.90. The minimum absolute atomic E-state index is 0.0618. The maximum absolute atomic E-state index is 10.6. The number of benzene rings is 1. The van der Waals surface area contributed by atoms with Crippen molar-refractivity contribution in [1.29, 1.82) is 0 Å². The summed E-state index contributed by atoms with van der Waals surface area (Å²) in [4.78, 5) is 14.8. The van der Waals surface area contributed by atoms with E-state index in [2.05, 4.69) is 11.9 Å². The highest BCUT2D eigenvalue weighted by Gasteiger charge is 2.04. The van der Waals surface area contributed by atoms with Gasteiger partial charge in [-0.15, -0.1) is 0 Å². The number of aryl methyl sites for hydroxylation is 1. The molecule has 0 saturated heterocycles. The van der Waals surface area contributed by atoms with Crippen LogP contribution in [0.15, 0.2) is 30.6 Å². The molecule has 0 aliphatic carbocycles. The number of aliphatic carboxylic acids is 1. The molecule has 1 aromatic heterocycles. The maximum Gasteiger partial charge on any atom is 0.307 e. The molecule has 0 fully saturated rings. The van der Waals surface area contributed by atoms with Crippen molar-refractivity contribution in [1.82, 2.24) is 4.98 Å². The minimum atomic E-state index is -0.807. The first kappa shape index (κ1) is 10.6. The van der Waals surface area contributed by atoms with Gasteiger partial charge in [0.05, 0.1) is 6.42 Å². The third-order valence-electron chi connectivity index (χ3n) is 2.64. The normalized spacial score (nSPS) is 10.6. The van der Waals surface area contributed by atoms with E-state index in [0.29, 0.717) is 0 Å². The molecular weight excluding hydrogens is 202 g/mol. The minimum Gasteiger partial charge on any atom is -0.481 e. The van der Waals surface area contributed by atoms with E-state index in [1.165, 1.54) is 5.56 Å². The van der Waals surface area contributed by atoms with Crippen LogP contribution in [0, 0.1) is 0 Å². The molecule has 3 heteroatoms. The van der Waals surface area contributed by atoms with Gasteiger partial charge in [-0.2, -0.15) is 0 Å². The Morgan fingerprint density at radius 1 is 1.38 bits per heavy atom. The first-order valence-corrected chi connectivity index (χ1v) is 5.28. The van der Waals surface area contributed by atoms with E-state index in [1.807, 2.05) is 24.4 Å². The molecule has 0 atom stereocenters. The number of nitrogens with zero attached hydrogens (tertiary/aromatic N) is 1. The van der Waals surface area contributed by atoms with Gasteiger partial charge in [-0.3, -0.25) is 9.78 Å². The van der Waals surface area contributed by atoms with Crippen molar-refractivity contribution in [3.8, 4) is 0 Å². The van der Waals surface area contributed by atoms with Crippen LogP contribution in [0.2, 0.25) is 0 Å². The molecule has 16 heavy (non-hydrogen) atoms. The van der Waals surface area contributed by atoms with E-state index in [-0.39, 0.29) is 6.42 Å². The van der Waals surface area contributed by atoms with Crippen molar-refractivity contribution in [2.24, 2.45) is 0 Å². The highest BCUT2D eigenvalue weighted by Crippen LogP contribution is 2.19. The van der Waals surface area contributed by atoms with Gasteiger partial charge in [-0.1, -0.05) is 19.1 Å². The highest BCUT2D eigenvalue weighted by atomic mass is 16.4. The summed E-state index contributed by atoms with van der Waals surface area (Å²) in [6.45, 7) is 2.08. The molecule has 3 nitrogen and oxygen atoms in total. The summed E-state index contributed by atoms with van der Waals surface area (Å²) in [7, 11) is 0. The summed E-state index contributed by atoms with van der Waals surface area (Å²) in [6, 6.07) is 5.75. The lowest BCUT2D eigenvalue weighted by molar-refractivity contribution is -0.136. The molecule has 0 spiro atoms. The van der Waals surface area contributed by atoms with Crippen molar-refractivity contribution in [2.45, 2.75) is 19.8 Å². The second kappa shape index (κ2) is 4.31. The van der Waals surface area contributed by atoms with E-state index < -0.39 is 5.97 Å². The number of hydrogen-bond acceptors (Lipinski definition) is 2. The largest absolute Gasteiger partial charge is 0.481 e. The highest BCUT2D eigenvalue weighted by molar-refractivity contribution is 5.86. The Morgan fingerprint density at radius 3 is 2.88 bits per heavy atom. The zero-order valence-corrected chi connectivity index (χ0v) is 9.10. The Kier molecular flexibility index (Phi) is 2.86. The number of hydrogen-bond donors (Lipinski definition) is 1. The summed E-state index contributed by atoms with van der Waals surface area (Å²) in [5.74, 6) is -0.807. The molecule has 1 heterocycles. The van der Waals surface area contributed by atoms with Crippen LogP contribution in [0.4, 0.5) is 0 Å². The van der Waals surface area contributed by atoms with Crippen LogP contribution in [0.25, 0.3) is 10.8 Å². The second-order valence-corrected chi connectivity index (χ2v) is 3.78. The quantitative estimate of drug-likeness (QED) is 0.855. The van der Waals surface area contributed by atoms with Crippen LogP contribution < -0.4 is 0 Å². The summed E-state index contributed by atoms with van der Waals surface area (Å²) in [6.07, 6.45) is 4.63. The van der Waals surface area contributed by atoms with E-state index in [0.717, 1.165) is 22.8 Å². The lowest BCUT2D eigenvalue weighted by Crippen LogP contribution is -1.99. The van der Waals surface area contributed by atoms with Crippen LogP contribution in [0.3, 0.4) is 0 Å². The molecule has 2 rings (SSSR count). The van der Waals surface area contributed by atoms with Gasteiger partial charge in [0, 0.05) is 17.8 Å². The molecule has 1 aromatic carbocycles. The van der Waals surface area contributed by atoms with Crippen LogP contribution in [-0.2, 0) is 17.6 Å². The Bertz CT molecular complexity index is 534. The van der Waals surface area contributed by atoms with Gasteiger partial charge in [-0.25, -0.2) is 0 Å². The summed E-state index contributed by atoms with van der Waals surface area (Å²) in [5, 5.41) is 10.9. The monoisotopic (exact) mass is 215 g/mol.